The van der Waals surface area contributed by atoms with Crippen molar-refractivity contribution in [2.45, 2.75) is 51.4 Å². The molecule has 0 spiro atoms. The number of carbonyl (C=O) groups excluding carboxylic acids is 1. The van der Waals surface area contributed by atoms with Gasteiger partial charge in [0.05, 0.1) is 5.76 Å². The summed E-state index contributed by atoms with van der Waals surface area (Å²) in [7, 11) is 0. The summed E-state index contributed by atoms with van der Waals surface area (Å²) >= 11 is 0. The summed E-state index contributed by atoms with van der Waals surface area (Å²) < 4.78 is 0. The zero-order chi connectivity index (χ0) is 12.1. The van der Waals surface area contributed by atoms with Crippen LogP contribution in [0.1, 0.15) is 51.4 Å². The maximum absolute atomic E-state index is 12.0. The zero-order valence-electron chi connectivity index (χ0n) is 10.4. The quantitative estimate of drug-likeness (QED) is 0.456. The van der Waals surface area contributed by atoms with Gasteiger partial charge in [0.1, 0.15) is 0 Å². The van der Waals surface area contributed by atoms with Crippen molar-refractivity contribution in [3.05, 3.63) is 24.0 Å². The summed E-state index contributed by atoms with van der Waals surface area (Å²) in [6, 6.07) is 0. The minimum absolute atomic E-state index is 0.150. The average Bonchev–Trinajstić information content (AvgIpc) is 2.40. The van der Waals surface area contributed by atoms with E-state index in [-0.39, 0.29) is 17.6 Å². The first-order valence-electron chi connectivity index (χ1n) is 6.87. The maximum atomic E-state index is 12.0. The van der Waals surface area contributed by atoms with E-state index >= 15 is 0 Å². The minimum Gasteiger partial charge on any atom is -0.512 e. The van der Waals surface area contributed by atoms with E-state index < -0.39 is 0 Å². The first-order valence-corrected chi connectivity index (χ1v) is 6.87. The number of allylic oxidation sites excluding steroid dienone is 4. The highest BCUT2D eigenvalue weighted by Crippen LogP contribution is 2.27. The number of carbonyl (C=O) groups is 1. The normalized spacial score (nSPS) is 27.1. The Bertz CT molecular complexity index is 322. The van der Waals surface area contributed by atoms with Crippen molar-refractivity contribution in [2.75, 3.05) is 0 Å². The van der Waals surface area contributed by atoms with Crippen LogP contribution in [-0.4, -0.2) is 10.9 Å². The molecule has 2 rings (SSSR count). The molecule has 1 N–H and O–H groups in total. The van der Waals surface area contributed by atoms with Gasteiger partial charge in [-0.05, 0) is 32.1 Å². The van der Waals surface area contributed by atoms with Crippen molar-refractivity contribution in [1.29, 1.82) is 0 Å². The van der Waals surface area contributed by atoms with Gasteiger partial charge < -0.3 is 5.11 Å². The second-order valence-corrected chi connectivity index (χ2v) is 5.29. The molecule has 2 nitrogen and oxygen atoms in total. The Balaban J connectivity index is 1.92. The smallest absolute Gasteiger partial charge is 0.162 e. The van der Waals surface area contributed by atoms with E-state index in [0.717, 1.165) is 44.9 Å². The van der Waals surface area contributed by atoms with E-state index in [1.165, 1.54) is 12.5 Å². The largest absolute Gasteiger partial charge is 0.512 e. The van der Waals surface area contributed by atoms with E-state index in [4.69, 9.17) is 0 Å². The summed E-state index contributed by atoms with van der Waals surface area (Å²) in [6.45, 7) is 0. The summed E-state index contributed by atoms with van der Waals surface area (Å²) in [6.07, 6.45) is 14.2. The third-order valence-electron chi connectivity index (χ3n) is 3.99. The van der Waals surface area contributed by atoms with Gasteiger partial charge in [0.25, 0.3) is 0 Å². The first-order chi connectivity index (χ1) is 8.27. The van der Waals surface area contributed by atoms with Crippen LogP contribution in [0.4, 0.5) is 0 Å². The Morgan fingerprint density at radius 2 is 1.82 bits per heavy atom. The Kier molecular flexibility index (Phi) is 4.41. The maximum Gasteiger partial charge on any atom is 0.162 e. The summed E-state index contributed by atoms with van der Waals surface area (Å²) in [5.41, 5.74) is 0. The molecule has 0 heterocycles. The van der Waals surface area contributed by atoms with E-state index in [9.17, 15) is 9.90 Å². The van der Waals surface area contributed by atoms with Crippen molar-refractivity contribution >= 4 is 5.78 Å². The molecular weight excluding hydrogens is 212 g/mol. The van der Waals surface area contributed by atoms with Crippen molar-refractivity contribution in [3.63, 3.8) is 0 Å². The zero-order valence-corrected chi connectivity index (χ0v) is 10.4. The molecule has 0 aromatic carbocycles. The van der Waals surface area contributed by atoms with Crippen LogP contribution in [-0.2, 0) is 4.79 Å². The van der Waals surface area contributed by atoms with Crippen LogP contribution in [0.15, 0.2) is 24.0 Å². The predicted octanol–water partition coefficient (Wildman–Crippen LogP) is 3.93. The third kappa shape index (κ3) is 3.45. The summed E-state index contributed by atoms with van der Waals surface area (Å²) in [5.74, 6) is 0.805. The number of hydrogen-bond donors (Lipinski definition) is 1. The second kappa shape index (κ2) is 6.04. The molecule has 1 saturated carbocycles. The van der Waals surface area contributed by atoms with E-state index in [1.54, 1.807) is 0 Å². The van der Waals surface area contributed by atoms with Crippen molar-refractivity contribution in [1.82, 2.24) is 0 Å². The Hall–Kier alpha value is -1.05. The number of rotatable bonds is 3. The molecular formula is C15H22O2. The number of aliphatic hydroxyl groups excluding tert-OH is 1. The lowest BCUT2D eigenvalue weighted by Crippen LogP contribution is -2.17. The van der Waals surface area contributed by atoms with Gasteiger partial charge in [0.2, 0.25) is 0 Å². The molecule has 0 radical (unpaired) electrons. The topological polar surface area (TPSA) is 37.3 Å². The fourth-order valence-corrected chi connectivity index (χ4v) is 2.83. The van der Waals surface area contributed by atoms with E-state index in [2.05, 4.69) is 12.2 Å². The van der Waals surface area contributed by atoms with Gasteiger partial charge in [-0.2, -0.15) is 0 Å². The highest BCUT2D eigenvalue weighted by atomic mass is 16.3. The molecule has 0 saturated heterocycles. The monoisotopic (exact) mass is 234 g/mol. The van der Waals surface area contributed by atoms with Crippen molar-refractivity contribution in [2.24, 2.45) is 11.8 Å². The fraction of sp³-hybridized carbons (Fsp3) is 0.667. The molecule has 0 amide bonds. The lowest BCUT2D eigenvalue weighted by atomic mass is 9.85. The van der Waals surface area contributed by atoms with Gasteiger partial charge in [-0.25, -0.2) is 0 Å². The molecule has 1 fully saturated rings. The number of hydrogen-bond acceptors (Lipinski definition) is 2. The van der Waals surface area contributed by atoms with Gasteiger partial charge >= 0.3 is 0 Å². The standard InChI is InChI=1S/C15H22O2/c16-14(12-7-3-1-4-8-12)11-15(17)13-9-5-2-6-10-13/h1,3,11-13,16H,2,4-10H2/b14-11-. The molecule has 1 unspecified atom stereocenters. The molecule has 0 bridgehead atoms. The third-order valence-corrected chi connectivity index (χ3v) is 3.99. The molecule has 2 aliphatic rings. The average molecular weight is 234 g/mol. The van der Waals surface area contributed by atoms with Crippen LogP contribution in [0, 0.1) is 11.8 Å². The predicted molar refractivity (Wildman–Crippen MR) is 68.8 cm³/mol. The van der Waals surface area contributed by atoms with Gasteiger partial charge in [0, 0.05) is 17.9 Å². The first kappa shape index (κ1) is 12.4. The summed E-state index contributed by atoms with van der Waals surface area (Å²) in [4.78, 5) is 12.0. The highest BCUT2D eigenvalue weighted by molar-refractivity contribution is 5.92. The Morgan fingerprint density at radius 1 is 1.06 bits per heavy atom. The molecule has 2 aliphatic carbocycles. The molecule has 94 valence electrons. The molecule has 0 aliphatic heterocycles. The van der Waals surface area contributed by atoms with Gasteiger partial charge in [0.15, 0.2) is 5.78 Å². The SMILES string of the molecule is O=C(/C=C(\O)C1CC=CCC1)C1CCCCC1. The van der Waals surface area contributed by atoms with Crippen LogP contribution >= 0.6 is 0 Å². The number of aliphatic hydroxyl groups is 1. The van der Waals surface area contributed by atoms with Gasteiger partial charge in [-0.3, -0.25) is 4.79 Å². The van der Waals surface area contributed by atoms with Crippen LogP contribution < -0.4 is 0 Å². The van der Waals surface area contributed by atoms with Crippen LogP contribution in [0.5, 0.6) is 0 Å². The van der Waals surface area contributed by atoms with Gasteiger partial charge in [-0.1, -0.05) is 31.4 Å². The van der Waals surface area contributed by atoms with Crippen molar-refractivity contribution < 1.29 is 9.90 Å². The van der Waals surface area contributed by atoms with E-state index in [1.807, 2.05) is 0 Å². The lowest BCUT2D eigenvalue weighted by molar-refractivity contribution is -0.119. The molecule has 0 aromatic heterocycles. The molecule has 2 heteroatoms. The molecule has 1 atom stereocenters. The molecule has 0 aromatic rings. The van der Waals surface area contributed by atoms with Gasteiger partial charge in [-0.15, -0.1) is 0 Å². The fourth-order valence-electron chi connectivity index (χ4n) is 2.83. The minimum atomic E-state index is 0.150. The summed E-state index contributed by atoms with van der Waals surface area (Å²) in [5, 5.41) is 9.98. The van der Waals surface area contributed by atoms with Crippen LogP contribution in [0.2, 0.25) is 0 Å². The van der Waals surface area contributed by atoms with Crippen LogP contribution in [0.3, 0.4) is 0 Å². The lowest BCUT2D eigenvalue weighted by Gasteiger charge is -2.20. The van der Waals surface area contributed by atoms with Crippen molar-refractivity contribution in [3.8, 4) is 0 Å². The number of ketones is 1. The van der Waals surface area contributed by atoms with Crippen LogP contribution in [0.25, 0.3) is 0 Å². The van der Waals surface area contributed by atoms with E-state index in [0.29, 0.717) is 5.76 Å². The highest BCUT2D eigenvalue weighted by Gasteiger charge is 2.22. The Labute approximate surface area is 103 Å². The Morgan fingerprint density at radius 3 is 2.47 bits per heavy atom. The molecule has 17 heavy (non-hydrogen) atoms. The second-order valence-electron chi connectivity index (χ2n) is 5.29.